The summed E-state index contributed by atoms with van der Waals surface area (Å²) < 4.78 is 0. The highest BCUT2D eigenvalue weighted by Gasteiger charge is 2.34. The Morgan fingerprint density at radius 1 is 1.24 bits per heavy atom. The molecule has 25 heavy (non-hydrogen) atoms. The highest BCUT2D eigenvalue weighted by Crippen LogP contribution is 2.20. The average molecular weight is 343 g/mol. The van der Waals surface area contributed by atoms with Gasteiger partial charge in [0.15, 0.2) is 0 Å². The minimum Gasteiger partial charge on any atom is -0.355 e. The fraction of sp³-hybridized carbons (Fsp3) is 0.600. The van der Waals surface area contributed by atoms with Gasteiger partial charge in [0.2, 0.25) is 11.8 Å². The van der Waals surface area contributed by atoms with E-state index in [4.69, 9.17) is 0 Å². The molecule has 5 heteroatoms. The molecule has 2 amide bonds. The maximum absolute atomic E-state index is 12.4. The number of benzene rings is 1. The number of rotatable bonds is 6. The van der Waals surface area contributed by atoms with Gasteiger partial charge in [0.05, 0.1) is 5.92 Å². The lowest BCUT2D eigenvalue weighted by Crippen LogP contribution is -2.41. The van der Waals surface area contributed by atoms with Crippen molar-refractivity contribution in [1.82, 2.24) is 15.1 Å². The second-order valence-electron chi connectivity index (χ2n) is 7.50. The molecule has 0 bridgehead atoms. The highest BCUT2D eigenvalue weighted by molar-refractivity contribution is 5.89. The van der Waals surface area contributed by atoms with Crippen LogP contribution in [0.2, 0.25) is 0 Å². The minimum absolute atomic E-state index is 0.0222. The SMILES string of the molecule is C[C@H]1CCCN(CCNC(=O)[C@H]2CC(=O)N(Cc3ccccc3)C2)C1. The molecule has 5 nitrogen and oxygen atoms in total. The number of nitrogens with one attached hydrogen (secondary N) is 1. The van der Waals surface area contributed by atoms with E-state index < -0.39 is 0 Å². The maximum atomic E-state index is 12.4. The molecule has 0 aliphatic carbocycles. The molecular weight excluding hydrogens is 314 g/mol. The van der Waals surface area contributed by atoms with Crippen LogP contribution in [0.5, 0.6) is 0 Å². The number of piperidine rings is 1. The molecule has 2 saturated heterocycles. The summed E-state index contributed by atoms with van der Waals surface area (Å²) in [7, 11) is 0. The number of carbonyl (C=O) groups excluding carboxylic acids is 2. The molecule has 0 aromatic heterocycles. The van der Waals surface area contributed by atoms with E-state index in [1.807, 2.05) is 30.3 Å². The second kappa shape index (κ2) is 8.48. The first-order valence-electron chi connectivity index (χ1n) is 9.43. The average Bonchev–Trinajstić information content (AvgIpc) is 2.97. The summed E-state index contributed by atoms with van der Waals surface area (Å²) in [6.07, 6.45) is 2.89. The van der Waals surface area contributed by atoms with Gasteiger partial charge in [-0.2, -0.15) is 0 Å². The normalized spacial score (nSPS) is 24.5. The Labute approximate surface area is 150 Å². The van der Waals surface area contributed by atoms with Crippen LogP contribution in [0, 0.1) is 11.8 Å². The zero-order valence-electron chi connectivity index (χ0n) is 15.1. The summed E-state index contributed by atoms with van der Waals surface area (Å²) in [5.41, 5.74) is 1.11. The largest absolute Gasteiger partial charge is 0.355 e. The van der Waals surface area contributed by atoms with E-state index in [2.05, 4.69) is 17.1 Å². The van der Waals surface area contributed by atoms with Gasteiger partial charge in [-0.15, -0.1) is 0 Å². The minimum atomic E-state index is -0.212. The zero-order chi connectivity index (χ0) is 17.6. The van der Waals surface area contributed by atoms with Gasteiger partial charge in [0, 0.05) is 39.1 Å². The molecule has 2 aliphatic rings. The Morgan fingerprint density at radius 2 is 2.04 bits per heavy atom. The first-order valence-corrected chi connectivity index (χ1v) is 9.43. The molecule has 0 saturated carbocycles. The quantitative estimate of drug-likeness (QED) is 0.858. The van der Waals surface area contributed by atoms with Crippen molar-refractivity contribution in [3.05, 3.63) is 35.9 Å². The van der Waals surface area contributed by atoms with Crippen LogP contribution in [0.15, 0.2) is 30.3 Å². The van der Waals surface area contributed by atoms with E-state index in [0.717, 1.165) is 31.1 Å². The fourth-order valence-electron chi connectivity index (χ4n) is 3.88. The van der Waals surface area contributed by atoms with Crippen molar-refractivity contribution in [2.24, 2.45) is 11.8 Å². The predicted octanol–water partition coefficient (Wildman–Crippen LogP) is 1.88. The van der Waals surface area contributed by atoms with Crippen molar-refractivity contribution < 1.29 is 9.59 Å². The smallest absolute Gasteiger partial charge is 0.225 e. The van der Waals surface area contributed by atoms with Crippen LogP contribution in [0.4, 0.5) is 0 Å². The van der Waals surface area contributed by atoms with Gasteiger partial charge in [0.1, 0.15) is 0 Å². The molecule has 0 unspecified atom stereocenters. The third kappa shape index (κ3) is 5.05. The monoisotopic (exact) mass is 343 g/mol. The van der Waals surface area contributed by atoms with Gasteiger partial charge in [-0.3, -0.25) is 9.59 Å². The molecule has 3 rings (SSSR count). The molecule has 1 aromatic rings. The molecule has 1 N–H and O–H groups in total. The first kappa shape index (κ1) is 17.9. The number of nitrogens with zero attached hydrogens (tertiary/aromatic N) is 2. The summed E-state index contributed by atoms with van der Waals surface area (Å²) in [6, 6.07) is 9.94. The van der Waals surface area contributed by atoms with E-state index in [1.54, 1.807) is 4.90 Å². The van der Waals surface area contributed by atoms with Crippen molar-refractivity contribution in [3.63, 3.8) is 0 Å². The molecule has 1 aromatic carbocycles. The Morgan fingerprint density at radius 3 is 2.80 bits per heavy atom. The van der Waals surface area contributed by atoms with E-state index in [0.29, 0.717) is 26.1 Å². The second-order valence-corrected chi connectivity index (χ2v) is 7.50. The van der Waals surface area contributed by atoms with Gasteiger partial charge < -0.3 is 15.1 Å². The van der Waals surface area contributed by atoms with Crippen LogP contribution in [-0.2, 0) is 16.1 Å². The van der Waals surface area contributed by atoms with E-state index in [1.165, 1.54) is 12.8 Å². The molecule has 2 atom stereocenters. The van der Waals surface area contributed by atoms with Crippen molar-refractivity contribution in [2.45, 2.75) is 32.7 Å². The summed E-state index contributed by atoms with van der Waals surface area (Å²) in [4.78, 5) is 28.8. The van der Waals surface area contributed by atoms with E-state index in [9.17, 15) is 9.59 Å². The lowest BCUT2D eigenvalue weighted by Gasteiger charge is -2.30. The topological polar surface area (TPSA) is 52.7 Å². The third-order valence-corrected chi connectivity index (χ3v) is 5.27. The maximum Gasteiger partial charge on any atom is 0.225 e. The standard InChI is InChI=1S/C20H29N3O2/c1-16-6-5-10-22(13-16)11-9-21-20(25)18-12-19(24)23(15-18)14-17-7-3-2-4-8-17/h2-4,7-8,16,18H,5-6,9-15H2,1H3,(H,21,25)/t16-,18-/m0/s1. The number of carbonyl (C=O) groups is 2. The predicted molar refractivity (Wildman–Crippen MR) is 97.8 cm³/mol. The molecular formula is C20H29N3O2. The summed E-state index contributed by atoms with van der Waals surface area (Å²) in [5, 5.41) is 3.03. The van der Waals surface area contributed by atoms with Gasteiger partial charge >= 0.3 is 0 Å². The van der Waals surface area contributed by atoms with Crippen LogP contribution in [0.1, 0.15) is 31.7 Å². The molecule has 136 valence electrons. The summed E-state index contributed by atoms with van der Waals surface area (Å²) in [6.45, 7) is 7.25. The summed E-state index contributed by atoms with van der Waals surface area (Å²) in [5.74, 6) is 0.641. The van der Waals surface area contributed by atoms with Crippen molar-refractivity contribution in [3.8, 4) is 0 Å². The Bertz CT molecular complexity index is 590. The number of likely N-dealkylation sites (tertiary alicyclic amines) is 2. The first-order chi connectivity index (χ1) is 12.1. The van der Waals surface area contributed by atoms with Crippen molar-refractivity contribution in [1.29, 1.82) is 0 Å². The fourth-order valence-corrected chi connectivity index (χ4v) is 3.88. The van der Waals surface area contributed by atoms with Crippen molar-refractivity contribution >= 4 is 11.8 Å². The Hall–Kier alpha value is -1.88. The number of hydrogen-bond acceptors (Lipinski definition) is 3. The third-order valence-electron chi connectivity index (χ3n) is 5.27. The molecule has 0 spiro atoms. The van der Waals surface area contributed by atoms with Crippen molar-refractivity contribution in [2.75, 3.05) is 32.7 Å². The van der Waals surface area contributed by atoms with Gasteiger partial charge in [-0.25, -0.2) is 0 Å². The Balaban J connectivity index is 1.41. The lowest BCUT2D eigenvalue weighted by molar-refractivity contribution is -0.129. The van der Waals surface area contributed by atoms with Gasteiger partial charge in [-0.1, -0.05) is 37.3 Å². The lowest BCUT2D eigenvalue weighted by atomic mass is 10.0. The summed E-state index contributed by atoms with van der Waals surface area (Å²) >= 11 is 0. The van der Waals surface area contributed by atoms with Gasteiger partial charge in [-0.05, 0) is 30.9 Å². The zero-order valence-corrected chi connectivity index (χ0v) is 15.1. The van der Waals surface area contributed by atoms with Crippen LogP contribution < -0.4 is 5.32 Å². The molecule has 0 radical (unpaired) electrons. The van der Waals surface area contributed by atoms with Crippen LogP contribution in [0.3, 0.4) is 0 Å². The molecule has 2 heterocycles. The number of amides is 2. The molecule has 2 aliphatic heterocycles. The Kier molecular flexibility index (Phi) is 6.08. The van der Waals surface area contributed by atoms with Crippen LogP contribution in [0.25, 0.3) is 0 Å². The highest BCUT2D eigenvalue weighted by atomic mass is 16.2. The van der Waals surface area contributed by atoms with Gasteiger partial charge in [0.25, 0.3) is 0 Å². The van der Waals surface area contributed by atoms with Crippen LogP contribution >= 0.6 is 0 Å². The van der Waals surface area contributed by atoms with Crippen LogP contribution in [-0.4, -0.2) is 54.3 Å². The van der Waals surface area contributed by atoms with E-state index in [-0.39, 0.29) is 17.7 Å². The van der Waals surface area contributed by atoms with E-state index >= 15 is 0 Å². The number of hydrogen-bond donors (Lipinski definition) is 1. The molecule has 2 fully saturated rings.